The number of para-hydroxylation sites is 1. The maximum absolute atomic E-state index is 9.42. The molecule has 0 bridgehead atoms. The van der Waals surface area contributed by atoms with E-state index in [0.29, 0.717) is 24.5 Å². The minimum atomic E-state index is -0.420. The van der Waals surface area contributed by atoms with E-state index in [1.807, 2.05) is 18.2 Å². The van der Waals surface area contributed by atoms with Crippen LogP contribution in [0.15, 0.2) is 24.3 Å². The van der Waals surface area contributed by atoms with Gasteiger partial charge in [-0.05, 0) is 25.1 Å². The Hall–Kier alpha value is -0.770. The highest BCUT2D eigenvalue weighted by Gasteiger charge is 2.03. The van der Waals surface area contributed by atoms with Crippen molar-refractivity contribution in [3.05, 3.63) is 29.3 Å². The van der Waals surface area contributed by atoms with Gasteiger partial charge in [-0.25, -0.2) is 0 Å². The Labute approximate surface area is 88.9 Å². The van der Waals surface area contributed by atoms with Crippen molar-refractivity contribution in [3.8, 4) is 0 Å². The van der Waals surface area contributed by atoms with Gasteiger partial charge in [-0.1, -0.05) is 23.7 Å². The summed E-state index contributed by atoms with van der Waals surface area (Å²) in [5.74, 6) is 0. The molecule has 0 aliphatic rings. The molecule has 1 aromatic rings. The topological polar surface area (TPSA) is 58.3 Å². The van der Waals surface area contributed by atoms with Crippen LogP contribution >= 0.6 is 11.6 Å². The average Bonchev–Trinajstić information content (AvgIpc) is 2.17. The smallest absolute Gasteiger partial charge is 0.0724 e. The van der Waals surface area contributed by atoms with Gasteiger partial charge in [-0.15, -0.1) is 0 Å². The summed E-state index contributed by atoms with van der Waals surface area (Å²) in [6.45, 7) is 0.965. The number of halogens is 1. The second-order valence-corrected chi connectivity index (χ2v) is 3.50. The van der Waals surface area contributed by atoms with Crippen molar-refractivity contribution in [2.75, 3.05) is 18.4 Å². The van der Waals surface area contributed by atoms with E-state index in [1.165, 1.54) is 0 Å². The second-order valence-electron chi connectivity index (χ2n) is 3.09. The van der Waals surface area contributed by atoms with Gasteiger partial charge in [-0.2, -0.15) is 0 Å². The number of rotatable bonds is 5. The molecule has 14 heavy (non-hydrogen) atoms. The Kier molecular flexibility index (Phi) is 4.73. The molecule has 0 aromatic heterocycles. The summed E-state index contributed by atoms with van der Waals surface area (Å²) in [6, 6.07) is 7.43. The predicted molar refractivity (Wildman–Crippen MR) is 59.6 cm³/mol. The summed E-state index contributed by atoms with van der Waals surface area (Å²) < 4.78 is 0. The first kappa shape index (κ1) is 11.3. The number of hydrogen-bond acceptors (Lipinski definition) is 3. The van der Waals surface area contributed by atoms with Crippen LogP contribution in [0.3, 0.4) is 0 Å². The van der Waals surface area contributed by atoms with Gasteiger partial charge < -0.3 is 16.2 Å². The fourth-order valence-corrected chi connectivity index (χ4v) is 1.33. The number of benzene rings is 1. The zero-order valence-corrected chi connectivity index (χ0v) is 8.67. The molecule has 0 amide bonds. The lowest BCUT2D eigenvalue weighted by Crippen LogP contribution is -2.22. The third-order valence-corrected chi connectivity index (χ3v) is 2.23. The minimum Gasteiger partial charge on any atom is -0.391 e. The monoisotopic (exact) mass is 214 g/mol. The number of anilines is 1. The van der Waals surface area contributed by atoms with Crippen LogP contribution in [0.25, 0.3) is 0 Å². The summed E-state index contributed by atoms with van der Waals surface area (Å²) in [7, 11) is 0. The molecule has 1 unspecified atom stereocenters. The molecule has 0 spiro atoms. The molecule has 1 atom stereocenters. The third-order valence-electron chi connectivity index (χ3n) is 1.90. The molecule has 0 heterocycles. The van der Waals surface area contributed by atoms with Crippen molar-refractivity contribution in [1.29, 1.82) is 0 Å². The Morgan fingerprint density at radius 2 is 2.14 bits per heavy atom. The van der Waals surface area contributed by atoms with Crippen LogP contribution in [0.2, 0.25) is 5.02 Å². The number of hydrogen-bond donors (Lipinski definition) is 3. The van der Waals surface area contributed by atoms with Crippen molar-refractivity contribution in [1.82, 2.24) is 0 Å². The normalized spacial score (nSPS) is 12.5. The van der Waals surface area contributed by atoms with Crippen LogP contribution in [0.5, 0.6) is 0 Å². The van der Waals surface area contributed by atoms with Gasteiger partial charge in [0.15, 0.2) is 0 Å². The summed E-state index contributed by atoms with van der Waals surface area (Å²) in [4.78, 5) is 0. The fourth-order valence-electron chi connectivity index (χ4n) is 1.13. The van der Waals surface area contributed by atoms with Gasteiger partial charge in [0.2, 0.25) is 0 Å². The first-order chi connectivity index (χ1) is 6.74. The van der Waals surface area contributed by atoms with Crippen LogP contribution < -0.4 is 11.1 Å². The lowest BCUT2D eigenvalue weighted by Gasteiger charge is -2.12. The molecular weight excluding hydrogens is 200 g/mol. The van der Waals surface area contributed by atoms with Crippen molar-refractivity contribution in [2.45, 2.75) is 12.5 Å². The zero-order valence-electron chi connectivity index (χ0n) is 7.91. The van der Waals surface area contributed by atoms with Crippen LogP contribution in [0.1, 0.15) is 6.42 Å². The summed E-state index contributed by atoms with van der Waals surface area (Å²) in [5, 5.41) is 13.1. The SMILES string of the molecule is NCCC(O)CNc1ccccc1Cl. The van der Waals surface area contributed by atoms with E-state index >= 15 is 0 Å². The molecule has 1 rings (SSSR count). The van der Waals surface area contributed by atoms with Gasteiger partial charge >= 0.3 is 0 Å². The lowest BCUT2D eigenvalue weighted by molar-refractivity contribution is 0.180. The highest BCUT2D eigenvalue weighted by molar-refractivity contribution is 6.33. The van der Waals surface area contributed by atoms with Crippen molar-refractivity contribution in [2.24, 2.45) is 5.73 Å². The molecular formula is C10H15ClN2O. The zero-order chi connectivity index (χ0) is 10.4. The maximum Gasteiger partial charge on any atom is 0.0724 e. The van der Waals surface area contributed by atoms with E-state index in [-0.39, 0.29) is 0 Å². The Bertz CT molecular complexity index is 281. The van der Waals surface area contributed by atoms with Crippen LogP contribution in [0.4, 0.5) is 5.69 Å². The van der Waals surface area contributed by atoms with Crippen LogP contribution in [0, 0.1) is 0 Å². The van der Waals surface area contributed by atoms with E-state index in [0.717, 1.165) is 5.69 Å². The third kappa shape index (κ3) is 3.54. The van der Waals surface area contributed by atoms with Crippen molar-refractivity contribution >= 4 is 17.3 Å². The Morgan fingerprint density at radius 3 is 2.79 bits per heavy atom. The molecule has 3 nitrogen and oxygen atoms in total. The van der Waals surface area contributed by atoms with Gasteiger partial charge in [0.1, 0.15) is 0 Å². The van der Waals surface area contributed by atoms with Gasteiger partial charge in [-0.3, -0.25) is 0 Å². The number of aliphatic hydroxyl groups excluding tert-OH is 1. The van der Waals surface area contributed by atoms with Gasteiger partial charge in [0.05, 0.1) is 16.8 Å². The molecule has 0 radical (unpaired) electrons. The maximum atomic E-state index is 9.42. The van der Waals surface area contributed by atoms with Gasteiger partial charge in [0, 0.05) is 6.54 Å². The highest BCUT2D eigenvalue weighted by atomic mass is 35.5. The fraction of sp³-hybridized carbons (Fsp3) is 0.400. The first-order valence-electron chi connectivity index (χ1n) is 4.60. The summed E-state index contributed by atoms with van der Waals surface area (Å²) in [6.07, 6.45) is 0.175. The predicted octanol–water partition coefficient (Wildman–Crippen LogP) is 1.46. The number of aliphatic hydroxyl groups is 1. The van der Waals surface area contributed by atoms with Crippen LogP contribution in [-0.2, 0) is 0 Å². The van der Waals surface area contributed by atoms with Crippen molar-refractivity contribution in [3.63, 3.8) is 0 Å². The minimum absolute atomic E-state index is 0.420. The van der Waals surface area contributed by atoms with E-state index in [4.69, 9.17) is 17.3 Å². The molecule has 0 aliphatic heterocycles. The second kappa shape index (κ2) is 5.86. The molecule has 0 saturated carbocycles. The Balaban J connectivity index is 2.41. The van der Waals surface area contributed by atoms with Crippen molar-refractivity contribution < 1.29 is 5.11 Å². The molecule has 0 saturated heterocycles. The molecule has 0 fully saturated rings. The summed E-state index contributed by atoms with van der Waals surface area (Å²) >= 11 is 5.92. The molecule has 78 valence electrons. The van der Waals surface area contributed by atoms with Crippen LogP contribution in [-0.4, -0.2) is 24.3 Å². The molecule has 4 heteroatoms. The standard InChI is InChI=1S/C10H15ClN2O/c11-9-3-1-2-4-10(9)13-7-8(14)5-6-12/h1-4,8,13-14H,5-7,12H2. The van der Waals surface area contributed by atoms with E-state index in [2.05, 4.69) is 5.32 Å². The molecule has 4 N–H and O–H groups in total. The summed E-state index contributed by atoms with van der Waals surface area (Å²) in [5.41, 5.74) is 6.15. The van der Waals surface area contributed by atoms with E-state index in [9.17, 15) is 5.11 Å². The average molecular weight is 215 g/mol. The molecule has 0 aliphatic carbocycles. The lowest BCUT2D eigenvalue weighted by atomic mass is 10.2. The number of nitrogens with two attached hydrogens (primary N) is 1. The first-order valence-corrected chi connectivity index (χ1v) is 4.98. The van der Waals surface area contributed by atoms with E-state index < -0.39 is 6.10 Å². The largest absolute Gasteiger partial charge is 0.391 e. The quantitative estimate of drug-likeness (QED) is 0.696. The van der Waals surface area contributed by atoms with Gasteiger partial charge in [0.25, 0.3) is 0 Å². The van der Waals surface area contributed by atoms with E-state index in [1.54, 1.807) is 6.07 Å². The number of nitrogens with one attached hydrogen (secondary N) is 1. The highest BCUT2D eigenvalue weighted by Crippen LogP contribution is 2.20. The Morgan fingerprint density at radius 1 is 1.43 bits per heavy atom. The molecule has 1 aromatic carbocycles.